The molecule has 0 bridgehead atoms. The Bertz CT molecular complexity index is 603. The van der Waals surface area contributed by atoms with E-state index >= 15 is 0 Å². The van der Waals surface area contributed by atoms with Crippen molar-refractivity contribution in [1.82, 2.24) is 4.98 Å². The van der Waals surface area contributed by atoms with Crippen molar-refractivity contribution in [2.45, 2.75) is 32.8 Å². The van der Waals surface area contributed by atoms with E-state index in [1.807, 2.05) is 6.07 Å². The highest BCUT2D eigenvalue weighted by molar-refractivity contribution is 6.38. The zero-order valence-corrected chi connectivity index (χ0v) is 12.1. The Hall–Kier alpha value is -0.830. The molecule has 2 aromatic rings. The molecule has 0 atom stereocenters. The van der Waals surface area contributed by atoms with Crippen molar-refractivity contribution in [3.63, 3.8) is 0 Å². The molecule has 0 unspecified atom stereocenters. The summed E-state index contributed by atoms with van der Waals surface area (Å²) in [5.41, 5.74) is 2.30. The van der Waals surface area contributed by atoms with Gasteiger partial charge in [-0.15, -0.1) is 0 Å². The number of aliphatic hydroxyl groups excluding tert-OH is 1. The third kappa shape index (κ3) is 2.46. The largest absolute Gasteiger partial charge is 0.392 e. The number of benzene rings is 1. The fourth-order valence-corrected chi connectivity index (χ4v) is 2.37. The van der Waals surface area contributed by atoms with E-state index in [-0.39, 0.29) is 12.0 Å². The predicted octanol–water partition coefficient (Wildman–Crippen LogP) is 4.33. The fourth-order valence-electron chi connectivity index (χ4n) is 1.83. The van der Waals surface area contributed by atoms with Gasteiger partial charge in [0.25, 0.3) is 0 Å². The van der Waals surface area contributed by atoms with E-state index in [0.29, 0.717) is 15.6 Å². The fraction of sp³-hybridized carbons (Fsp3) is 0.357. The van der Waals surface area contributed by atoms with Crippen molar-refractivity contribution in [2.24, 2.45) is 0 Å². The van der Waals surface area contributed by atoms with Gasteiger partial charge in [-0.25, -0.2) is 0 Å². The number of aromatic nitrogens is 1. The van der Waals surface area contributed by atoms with Gasteiger partial charge in [-0.1, -0.05) is 44.0 Å². The van der Waals surface area contributed by atoms with Gasteiger partial charge in [-0.2, -0.15) is 0 Å². The van der Waals surface area contributed by atoms with Crippen LogP contribution in [0, 0.1) is 0 Å². The summed E-state index contributed by atoms with van der Waals surface area (Å²) in [6.07, 6.45) is 0. The third-order valence-electron chi connectivity index (χ3n) is 2.86. The molecule has 0 saturated heterocycles. The highest BCUT2D eigenvalue weighted by Gasteiger charge is 2.18. The summed E-state index contributed by atoms with van der Waals surface area (Å²) >= 11 is 12.2. The lowest BCUT2D eigenvalue weighted by molar-refractivity contribution is 0.283. The molecule has 0 saturated carbocycles. The summed E-state index contributed by atoms with van der Waals surface area (Å²) in [5, 5.41) is 11.4. The van der Waals surface area contributed by atoms with Crippen molar-refractivity contribution in [1.29, 1.82) is 0 Å². The van der Waals surface area contributed by atoms with Gasteiger partial charge >= 0.3 is 0 Å². The average Bonchev–Trinajstić information content (AvgIpc) is 2.26. The number of halogens is 2. The zero-order valence-electron chi connectivity index (χ0n) is 10.6. The van der Waals surface area contributed by atoms with Gasteiger partial charge in [0.1, 0.15) is 0 Å². The smallest absolute Gasteiger partial charge is 0.0896 e. The van der Waals surface area contributed by atoms with E-state index < -0.39 is 0 Å². The predicted molar refractivity (Wildman–Crippen MR) is 76.4 cm³/mol. The Morgan fingerprint density at radius 2 is 1.83 bits per heavy atom. The van der Waals surface area contributed by atoms with Crippen molar-refractivity contribution >= 4 is 34.1 Å². The first-order valence-electron chi connectivity index (χ1n) is 5.73. The Balaban J connectivity index is 2.84. The zero-order chi connectivity index (χ0) is 13.5. The minimum atomic E-state index is -0.0962. The number of fused-ring (bicyclic) bond motifs is 1. The second-order valence-corrected chi connectivity index (χ2v) is 6.20. The molecule has 1 N–H and O–H groups in total. The number of rotatable bonds is 1. The maximum Gasteiger partial charge on any atom is 0.0896 e. The number of aliphatic hydroxyl groups is 1. The molecule has 0 aliphatic heterocycles. The van der Waals surface area contributed by atoms with Crippen LogP contribution in [-0.4, -0.2) is 10.1 Å². The summed E-state index contributed by atoms with van der Waals surface area (Å²) in [6.45, 7) is 6.17. The van der Waals surface area contributed by atoms with Crippen LogP contribution in [0.3, 0.4) is 0 Å². The minimum absolute atomic E-state index is 0.0568. The van der Waals surface area contributed by atoms with Gasteiger partial charge < -0.3 is 5.11 Å². The standard InChI is InChI=1S/C14H15Cl2NO/c1-14(2,3)12-4-8(7-18)10-5-9(15)6-11(16)13(10)17-12/h4-6,18H,7H2,1-3H3. The maximum atomic E-state index is 9.49. The molecule has 4 heteroatoms. The van der Waals surface area contributed by atoms with Crippen LogP contribution in [0.1, 0.15) is 32.0 Å². The van der Waals surface area contributed by atoms with Gasteiger partial charge in [-0.3, -0.25) is 4.98 Å². The Labute approximate surface area is 117 Å². The van der Waals surface area contributed by atoms with E-state index in [4.69, 9.17) is 23.2 Å². The van der Waals surface area contributed by atoms with E-state index in [0.717, 1.165) is 16.6 Å². The van der Waals surface area contributed by atoms with E-state index in [1.165, 1.54) is 0 Å². The van der Waals surface area contributed by atoms with E-state index in [9.17, 15) is 5.11 Å². The molecule has 0 amide bonds. The van der Waals surface area contributed by atoms with E-state index in [1.54, 1.807) is 12.1 Å². The number of pyridine rings is 1. The average molecular weight is 284 g/mol. The number of hydrogen-bond acceptors (Lipinski definition) is 2. The molecule has 0 radical (unpaired) electrons. The topological polar surface area (TPSA) is 33.1 Å². The van der Waals surface area contributed by atoms with Crippen LogP contribution < -0.4 is 0 Å². The monoisotopic (exact) mass is 283 g/mol. The van der Waals surface area contributed by atoms with E-state index in [2.05, 4.69) is 25.8 Å². The lowest BCUT2D eigenvalue weighted by atomic mass is 9.90. The molecule has 0 fully saturated rings. The molecular weight excluding hydrogens is 269 g/mol. The Morgan fingerprint density at radius 1 is 1.17 bits per heavy atom. The Morgan fingerprint density at radius 3 is 2.39 bits per heavy atom. The van der Waals surface area contributed by atoms with Crippen molar-refractivity contribution in [3.8, 4) is 0 Å². The van der Waals surface area contributed by atoms with Gasteiger partial charge in [0.2, 0.25) is 0 Å². The molecule has 1 aromatic heterocycles. The molecule has 1 heterocycles. The van der Waals surface area contributed by atoms with Crippen LogP contribution in [0.4, 0.5) is 0 Å². The second kappa shape index (κ2) is 4.69. The number of hydrogen-bond donors (Lipinski definition) is 1. The molecule has 2 rings (SSSR count). The molecule has 0 aliphatic rings. The van der Waals surface area contributed by atoms with Gasteiger partial charge in [0.15, 0.2) is 0 Å². The molecule has 0 spiro atoms. The minimum Gasteiger partial charge on any atom is -0.392 e. The first-order valence-corrected chi connectivity index (χ1v) is 6.48. The SMILES string of the molecule is CC(C)(C)c1cc(CO)c2cc(Cl)cc(Cl)c2n1. The quantitative estimate of drug-likeness (QED) is 0.845. The van der Waals surface area contributed by atoms with Gasteiger partial charge in [0.05, 0.1) is 17.1 Å². The Kier molecular flexibility index (Phi) is 3.54. The van der Waals surface area contributed by atoms with Crippen molar-refractivity contribution in [2.75, 3.05) is 0 Å². The molecule has 96 valence electrons. The van der Waals surface area contributed by atoms with Crippen molar-refractivity contribution in [3.05, 3.63) is 39.5 Å². The molecule has 1 aromatic carbocycles. The lowest BCUT2D eigenvalue weighted by Gasteiger charge is -2.20. The third-order valence-corrected chi connectivity index (χ3v) is 3.36. The first-order chi connectivity index (χ1) is 8.32. The molecule has 18 heavy (non-hydrogen) atoms. The summed E-state index contributed by atoms with van der Waals surface area (Å²) in [6, 6.07) is 5.37. The van der Waals surface area contributed by atoms with Crippen LogP contribution in [-0.2, 0) is 12.0 Å². The van der Waals surface area contributed by atoms with Crippen molar-refractivity contribution < 1.29 is 5.11 Å². The van der Waals surface area contributed by atoms with Gasteiger partial charge in [-0.05, 0) is 23.8 Å². The molecular formula is C14H15Cl2NO. The number of nitrogens with zero attached hydrogens (tertiary/aromatic N) is 1. The normalized spacial score (nSPS) is 12.1. The first kappa shape index (κ1) is 13.6. The lowest BCUT2D eigenvalue weighted by Crippen LogP contribution is -2.14. The summed E-state index contributed by atoms with van der Waals surface area (Å²) in [5.74, 6) is 0. The summed E-state index contributed by atoms with van der Waals surface area (Å²) in [4.78, 5) is 4.59. The van der Waals surface area contributed by atoms with Crippen LogP contribution in [0.2, 0.25) is 10.0 Å². The maximum absolute atomic E-state index is 9.49. The van der Waals surface area contributed by atoms with Crippen LogP contribution in [0.5, 0.6) is 0 Å². The molecule has 0 aliphatic carbocycles. The summed E-state index contributed by atoms with van der Waals surface area (Å²) in [7, 11) is 0. The van der Waals surface area contributed by atoms with Crippen LogP contribution in [0.25, 0.3) is 10.9 Å². The van der Waals surface area contributed by atoms with Crippen LogP contribution in [0.15, 0.2) is 18.2 Å². The second-order valence-electron chi connectivity index (χ2n) is 5.36. The van der Waals surface area contributed by atoms with Crippen LogP contribution >= 0.6 is 23.2 Å². The highest BCUT2D eigenvalue weighted by Crippen LogP contribution is 2.32. The molecule has 2 nitrogen and oxygen atoms in total. The van der Waals surface area contributed by atoms with Gasteiger partial charge in [0, 0.05) is 21.5 Å². The highest BCUT2D eigenvalue weighted by atomic mass is 35.5. The summed E-state index contributed by atoms with van der Waals surface area (Å²) < 4.78 is 0.